The van der Waals surface area contributed by atoms with E-state index in [1.54, 1.807) is 0 Å². The number of amides is 1. The molecule has 2 aliphatic carbocycles. The molecule has 1 saturated heterocycles. The summed E-state index contributed by atoms with van der Waals surface area (Å²) in [4.78, 5) is 33.1. The Labute approximate surface area is 223 Å². The maximum absolute atomic E-state index is 13.1. The number of carbonyl (C=O) groups excluding carboxylic acids is 1. The van der Waals surface area contributed by atoms with Crippen molar-refractivity contribution in [1.29, 1.82) is 5.41 Å². The van der Waals surface area contributed by atoms with E-state index < -0.39 is 0 Å². The lowest BCUT2D eigenvalue weighted by molar-refractivity contribution is -0.126. The highest BCUT2D eigenvalue weighted by Gasteiger charge is 2.50. The number of H-pyrrole nitrogens is 1. The first kappa shape index (κ1) is 23.9. The smallest absolute Gasteiger partial charge is 0.224 e. The molecule has 0 spiro atoms. The fraction of sp³-hybridized carbons (Fsp3) is 0.480. The Morgan fingerprint density at radius 1 is 1.19 bits per heavy atom. The van der Waals surface area contributed by atoms with Crippen molar-refractivity contribution in [2.45, 2.75) is 39.2 Å². The molecule has 36 heavy (non-hydrogen) atoms. The minimum absolute atomic E-state index is 0.00536. The van der Waals surface area contributed by atoms with Crippen LogP contribution in [0.25, 0.3) is 21.9 Å². The molecule has 4 atom stereocenters. The summed E-state index contributed by atoms with van der Waals surface area (Å²) in [6.07, 6.45) is 8.98. The molecule has 1 unspecified atom stereocenters. The number of aromatic nitrogens is 4. The molecule has 11 heteroatoms. The zero-order valence-electron chi connectivity index (χ0n) is 20.0. The number of aromatic amines is 1. The normalized spacial score (nSPS) is 25.0. The Kier molecular flexibility index (Phi) is 6.05. The average Bonchev–Trinajstić information content (AvgIpc) is 3.65. The fourth-order valence-corrected chi connectivity index (χ4v) is 7.44. The van der Waals surface area contributed by atoms with Gasteiger partial charge in [0.25, 0.3) is 0 Å². The molecule has 2 bridgehead atoms. The second kappa shape index (κ2) is 9.11. The van der Waals surface area contributed by atoms with Gasteiger partial charge in [0, 0.05) is 42.5 Å². The number of pyridine rings is 1. The van der Waals surface area contributed by atoms with Crippen LogP contribution in [0.3, 0.4) is 0 Å². The second-order valence-corrected chi connectivity index (χ2v) is 11.9. The number of nitrogens with one attached hydrogen (secondary N) is 3. The van der Waals surface area contributed by atoms with Crippen LogP contribution in [0, 0.1) is 29.1 Å². The van der Waals surface area contributed by atoms with Crippen molar-refractivity contribution in [3.05, 3.63) is 34.1 Å². The molecule has 1 amide bonds. The predicted molar refractivity (Wildman–Crippen MR) is 144 cm³/mol. The van der Waals surface area contributed by atoms with Gasteiger partial charge in [-0.3, -0.25) is 4.79 Å². The lowest BCUT2D eigenvalue weighted by Gasteiger charge is -2.29. The van der Waals surface area contributed by atoms with Gasteiger partial charge >= 0.3 is 0 Å². The van der Waals surface area contributed by atoms with Crippen LogP contribution in [0.4, 0.5) is 5.13 Å². The predicted octanol–water partition coefficient (Wildman–Crippen LogP) is 5.32. The summed E-state index contributed by atoms with van der Waals surface area (Å²) in [6.45, 7) is 5.86. The molecule has 0 aromatic carbocycles. The summed E-state index contributed by atoms with van der Waals surface area (Å²) in [5.74, 6) is 0.259. The van der Waals surface area contributed by atoms with Gasteiger partial charge in [-0.05, 0) is 44.9 Å². The second-order valence-electron chi connectivity index (χ2n) is 10.2. The van der Waals surface area contributed by atoms with E-state index in [1.165, 1.54) is 17.5 Å². The molecule has 188 valence electrons. The molecule has 3 aromatic heterocycles. The summed E-state index contributed by atoms with van der Waals surface area (Å²) in [5.41, 5.74) is 1.94. The Bertz CT molecular complexity index is 1390. The van der Waals surface area contributed by atoms with Gasteiger partial charge in [0.15, 0.2) is 21.8 Å². The number of thiazole rings is 1. The SMILES string of the molecule is CC(C)NC(=O)[C@@H]1C(C(=N)c2c(Cl)cnc3nc(-c4sc(N5CCCC5)nc4Cl)[nH]c23)[C@H]2C=C[C@@H]1C2. The number of allylic oxidation sites excluding steroid dienone is 2. The molecule has 0 radical (unpaired) electrons. The maximum Gasteiger partial charge on any atom is 0.224 e. The molecule has 4 heterocycles. The molecule has 8 nitrogen and oxygen atoms in total. The van der Waals surface area contributed by atoms with Gasteiger partial charge in [-0.1, -0.05) is 46.7 Å². The highest BCUT2D eigenvalue weighted by molar-refractivity contribution is 7.19. The maximum atomic E-state index is 13.1. The minimum Gasteiger partial charge on any atom is -0.354 e. The molecule has 1 aliphatic heterocycles. The Hall–Kier alpha value is -2.49. The van der Waals surface area contributed by atoms with Crippen LogP contribution >= 0.6 is 34.5 Å². The van der Waals surface area contributed by atoms with Crippen molar-refractivity contribution >= 4 is 62.5 Å². The number of hydrogen-bond acceptors (Lipinski definition) is 7. The molecule has 3 aromatic rings. The number of imidazole rings is 1. The number of carbonyl (C=O) groups is 1. The Balaban J connectivity index is 1.38. The van der Waals surface area contributed by atoms with Crippen molar-refractivity contribution < 1.29 is 4.79 Å². The van der Waals surface area contributed by atoms with Gasteiger partial charge in [0.2, 0.25) is 5.91 Å². The summed E-state index contributed by atoms with van der Waals surface area (Å²) < 4.78 is 0. The van der Waals surface area contributed by atoms with E-state index in [9.17, 15) is 10.2 Å². The number of hydrogen-bond donors (Lipinski definition) is 3. The van der Waals surface area contributed by atoms with Crippen LogP contribution < -0.4 is 10.2 Å². The van der Waals surface area contributed by atoms with Crippen molar-refractivity contribution in [3.63, 3.8) is 0 Å². The van der Waals surface area contributed by atoms with Gasteiger partial charge in [-0.25, -0.2) is 15.0 Å². The zero-order valence-corrected chi connectivity index (χ0v) is 22.3. The average molecular weight is 545 g/mol. The van der Waals surface area contributed by atoms with Gasteiger partial charge in [0.1, 0.15) is 4.88 Å². The van der Waals surface area contributed by atoms with E-state index in [4.69, 9.17) is 23.2 Å². The topological polar surface area (TPSA) is 111 Å². The third-order valence-electron chi connectivity index (χ3n) is 7.44. The highest BCUT2D eigenvalue weighted by Crippen LogP contribution is 2.50. The van der Waals surface area contributed by atoms with Crippen LogP contribution in [0.5, 0.6) is 0 Å². The molecule has 6 rings (SSSR count). The lowest BCUT2D eigenvalue weighted by atomic mass is 9.77. The van der Waals surface area contributed by atoms with Gasteiger partial charge in [-0.15, -0.1) is 0 Å². The first-order valence-electron chi connectivity index (χ1n) is 12.3. The standard InChI is InChI=1S/C25H27Cl2N7OS/c1-11(2)30-24(35)16-13-6-5-12(9-13)15(16)18(28)17-14(26)10-29-22-19(17)31-23(33-22)20-21(27)32-25(36-20)34-7-3-4-8-34/h5-6,10-13,15-16,28H,3-4,7-9H2,1-2H3,(H,30,35)(H,29,31,33)/t12-,13+,15?,16-/m0/s1. The first-order valence-corrected chi connectivity index (χ1v) is 13.9. The summed E-state index contributed by atoms with van der Waals surface area (Å²) in [6, 6.07) is 0.0384. The van der Waals surface area contributed by atoms with Gasteiger partial charge in [-0.2, -0.15) is 0 Å². The quantitative estimate of drug-likeness (QED) is 0.288. The Morgan fingerprint density at radius 3 is 2.64 bits per heavy atom. The summed E-state index contributed by atoms with van der Waals surface area (Å²) in [7, 11) is 0. The molecule has 1 saturated carbocycles. The number of halogens is 2. The molecular weight excluding hydrogens is 517 g/mol. The lowest BCUT2D eigenvalue weighted by Crippen LogP contribution is -2.42. The van der Waals surface area contributed by atoms with Crippen LogP contribution in [0.1, 0.15) is 38.7 Å². The summed E-state index contributed by atoms with van der Waals surface area (Å²) >= 11 is 14.7. The van der Waals surface area contributed by atoms with E-state index in [0.29, 0.717) is 38.4 Å². The van der Waals surface area contributed by atoms with E-state index in [1.807, 2.05) is 13.8 Å². The number of anilines is 1. The molecule has 3 N–H and O–H groups in total. The molecule has 3 aliphatic rings. The third-order valence-corrected chi connectivity index (χ3v) is 9.23. The third kappa shape index (κ3) is 3.92. The van der Waals surface area contributed by atoms with Crippen molar-refractivity contribution in [3.8, 4) is 10.7 Å². The van der Waals surface area contributed by atoms with Crippen molar-refractivity contribution in [1.82, 2.24) is 25.3 Å². The van der Waals surface area contributed by atoms with Crippen LogP contribution in [-0.4, -0.2) is 50.7 Å². The van der Waals surface area contributed by atoms with E-state index in [0.717, 1.165) is 42.4 Å². The van der Waals surface area contributed by atoms with Crippen LogP contribution in [-0.2, 0) is 4.79 Å². The zero-order chi connectivity index (χ0) is 25.1. The van der Waals surface area contributed by atoms with E-state index in [-0.39, 0.29) is 35.6 Å². The Morgan fingerprint density at radius 2 is 1.92 bits per heavy atom. The van der Waals surface area contributed by atoms with Crippen LogP contribution in [0.15, 0.2) is 18.3 Å². The van der Waals surface area contributed by atoms with Crippen molar-refractivity contribution in [2.75, 3.05) is 18.0 Å². The monoisotopic (exact) mass is 543 g/mol. The molecular formula is C25H27Cl2N7OS. The number of rotatable bonds is 6. The molecule has 2 fully saturated rings. The van der Waals surface area contributed by atoms with Crippen LogP contribution in [0.2, 0.25) is 10.2 Å². The number of fused-ring (bicyclic) bond motifs is 3. The first-order chi connectivity index (χ1) is 17.3. The number of nitrogens with zero attached hydrogens (tertiary/aromatic N) is 4. The van der Waals surface area contributed by atoms with E-state index in [2.05, 4.69) is 42.3 Å². The largest absolute Gasteiger partial charge is 0.354 e. The van der Waals surface area contributed by atoms with Crippen molar-refractivity contribution in [2.24, 2.45) is 23.7 Å². The minimum atomic E-state index is -0.296. The van der Waals surface area contributed by atoms with Gasteiger partial charge in [0.05, 0.1) is 16.5 Å². The van der Waals surface area contributed by atoms with Gasteiger partial charge < -0.3 is 20.6 Å². The fourth-order valence-electron chi connectivity index (χ4n) is 5.91. The highest BCUT2D eigenvalue weighted by atomic mass is 35.5. The van der Waals surface area contributed by atoms with E-state index >= 15 is 0 Å². The summed E-state index contributed by atoms with van der Waals surface area (Å²) in [5, 5.41) is 14.0.